The molecule has 1 aliphatic carbocycles. The van der Waals surface area contributed by atoms with Crippen LogP contribution in [-0.2, 0) is 0 Å². The summed E-state index contributed by atoms with van der Waals surface area (Å²) in [6.45, 7) is 2.36. The van der Waals surface area contributed by atoms with Gasteiger partial charge in [-0.1, -0.05) is 104 Å². The summed E-state index contributed by atoms with van der Waals surface area (Å²) in [5.74, 6) is 0.460. The molecule has 0 heterocycles. The third-order valence-corrected chi connectivity index (χ3v) is 8.59. The van der Waals surface area contributed by atoms with E-state index in [1.165, 1.54) is 15.5 Å². The minimum Gasteiger partial charge on any atom is -0.122 e. The van der Waals surface area contributed by atoms with Crippen LogP contribution in [0.5, 0.6) is 0 Å². The van der Waals surface area contributed by atoms with Crippen molar-refractivity contribution < 1.29 is 0 Å². The second kappa shape index (κ2) is 8.74. The van der Waals surface area contributed by atoms with Crippen molar-refractivity contribution in [3.63, 3.8) is 0 Å². The third-order valence-electron chi connectivity index (χ3n) is 4.78. The Hall–Kier alpha value is -2.08. The summed E-state index contributed by atoms with van der Waals surface area (Å²) in [6, 6.07) is 32.7. The predicted molar refractivity (Wildman–Crippen MR) is 122 cm³/mol. The van der Waals surface area contributed by atoms with E-state index in [1.54, 1.807) is 5.31 Å². The highest BCUT2D eigenvalue weighted by molar-refractivity contribution is 8.00. The molecule has 0 aromatic heterocycles. The molecule has 1 aliphatic rings. The van der Waals surface area contributed by atoms with Gasteiger partial charge in [-0.15, -0.1) is 11.8 Å². The van der Waals surface area contributed by atoms with Gasteiger partial charge in [0.15, 0.2) is 0 Å². The molecule has 1 unspecified atom stereocenters. The normalized spacial score (nSPS) is 17.1. The van der Waals surface area contributed by atoms with Gasteiger partial charge in [0.2, 0.25) is 0 Å². The maximum atomic E-state index is 2.39. The van der Waals surface area contributed by atoms with Crippen LogP contribution < -0.4 is 10.6 Å². The van der Waals surface area contributed by atoms with E-state index in [0.29, 0.717) is 11.2 Å². The van der Waals surface area contributed by atoms with Gasteiger partial charge in [-0.3, -0.25) is 0 Å². The Morgan fingerprint density at radius 1 is 0.741 bits per heavy atom. The minimum atomic E-state index is -0.513. The average Bonchev–Trinajstić information content (AvgIpc) is 3.20. The maximum absolute atomic E-state index is 2.39. The van der Waals surface area contributed by atoms with Crippen LogP contribution in [0.4, 0.5) is 0 Å². The molecule has 0 radical (unpaired) electrons. The van der Waals surface area contributed by atoms with Gasteiger partial charge in [-0.25, -0.2) is 0 Å². The van der Waals surface area contributed by atoms with Crippen molar-refractivity contribution in [2.75, 3.05) is 0 Å². The van der Waals surface area contributed by atoms with Crippen molar-refractivity contribution >= 4 is 30.3 Å². The van der Waals surface area contributed by atoms with Crippen LogP contribution in [0, 0.1) is 5.92 Å². The molecule has 0 nitrogen and oxygen atoms in total. The summed E-state index contributed by atoms with van der Waals surface area (Å²) in [5, 5.41) is 4.90. The van der Waals surface area contributed by atoms with E-state index < -0.39 is 7.92 Å². The lowest BCUT2D eigenvalue weighted by molar-refractivity contribution is 0.791. The Labute approximate surface area is 167 Å². The largest absolute Gasteiger partial charge is 0.122 e. The summed E-state index contributed by atoms with van der Waals surface area (Å²) in [7, 11) is -0.513. The number of benzene rings is 3. The van der Waals surface area contributed by atoms with Gasteiger partial charge in [0, 0.05) is 16.1 Å². The third kappa shape index (κ3) is 4.26. The van der Waals surface area contributed by atoms with E-state index in [4.69, 9.17) is 0 Å². The molecular formula is C25H23PS. The molecule has 27 heavy (non-hydrogen) atoms. The van der Waals surface area contributed by atoms with E-state index in [1.807, 2.05) is 11.8 Å². The van der Waals surface area contributed by atoms with E-state index >= 15 is 0 Å². The smallest absolute Gasteiger partial charge is 0.0170 e. The minimum absolute atomic E-state index is 0.460. The Bertz CT molecular complexity index is 877. The van der Waals surface area contributed by atoms with E-state index in [2.05, 4.69) is 116 Å². The van der Waals surface area contributed by atoms with Crippen LogP contribution >= 0.6 is 19.7 Å². The predicted octanol–water partition coefficient (Wildman–Crippen LogP) is 6.37. The van der Waals surface area contributed by atoms with Crippen LogP contribution in [-0.4, -0.2) is 5.25 Å². The van der Waals surface area contributed by atoms with Crippen molar-refractivity contribution in [3.8, 4) is 0 Å². The Morgan fingerprint density at radius 3 is 1.81 bits per heavy atom. The van der Waals surface area contributed by atoms with Crippen molar-refractivity contribution in [2.45, 2.75) is 17.1 Å². The fraction of sp³-hybridized carbons (Fsp3) is 0.120. The van der Waals surface area contributed by atoms with Crippen molar-refractivity contribution in [3.05, 3.63) is 115 Å². The molecule has 0 bridgehead atoms. The lowest BCUT2D eigenvalue weighted by atomic mass is 10.1. The molecule has 3 aromatic rings. The molecule has 2 atom stereocenters. The summed E-state index contributed by atoms with van der Waals surface area (Å²) < 4.78 is 0. The Balaban J connectivity index is 1.65. The molecule has 2 heteroatoms. The highest BCUT2D eigenvalue weighted by atomic mass is 32.2. The number of rotatable bonds is 6. The number of thioether (sulfide) groups is 1. The lowest BCUT2D eigenvalue weighted by Crippen LogP contribution is -2.19. The maximum Gasteiger partial charge on any atom is 0.0170 e. The van der Waals surface area contributed by atoms with E-state index in [9.17, 15) is 0 Å². The zero-order valence-corrected chi connectivity index (χ0v) is 17.1. The van der Waals surface area contributed by atoms with Crippen LogP contribution in [0.25, 0.3) is 0 Å². The summed E-state index contributed by atoms with van der Waals surface area (Å²) in [4.78, 5) is 1.34. The van der Waals surface area contributed by atoms with Crippen molar-refractivity contribution in [1.29, 1.82) is 0 Å². The molecule has 0 amide bonds. The molecular weight excluding hydrogens is 363 g/mol. The van der Waals surface area contributed by atoms with Gasteiger partial charge in [0.25, 0.3) is 0 Å². The second-order valence-corrected chi connectivity index (χ2v) is 10.3. The molecule has 0 saturated heterocycles. The van der Waals surface area contributed by atoms with Crippen LogP contribution in [0.15, 0.2) is 119 Å². The summed E-state index contributed by atoms with van der Waals surface area (Å²) in [6.07, 6.45) is 7.00. The number of hydrogen-bond donors (Lipinski definition) is 0. The second-order valence-electron chi connectivity index (χ2n) is 6.64. The Kier molecular flexibility index (Phi) is 5.92. The van der Waals surface area contributed by atoms with Gasteiger partial charge < -0.3 is 0 Å². The molecule has 3 aromatic carbocycles. The van der Waals surface area contributed by atoms with Gasteiger partial charge in [0.05, 0.1) is 0 Å². The fourth-order valence-corrected chi connectivity index (χ4v) is 7.40. The molecule has 134 valence electrons. The molecule has 0 saturated carbocycles. The monoisotopic (exact) mass is 386 g/mol. The van der Waals surface area contributed by atoms with Crippen molar-refractivity contribution in [1.82, 2.24) is 0 Å². The van der Waals surface area contributed by atoms with E-state index in [0.717, 1.165) is 0 Å². The van der Waals surface area contributed by atoms with E-state index in [-0.39, 0.29) is 0 Å². The molecule has 0 fully saturated rings. The zero-order valence-electron chi connectivity index (χ0n) is 15.4. The first kappa shape index (κ1) is 18.3. The quantitative estimate of drug-likeness (QED) is 0.350. The van der Waals surface area contributed by atoms with Crippen LogP contribution in [0.1, 0.15) is 6.92 Å². The summed E-state index contributed by atoms with van der Waals surface area (Å²) >= 11 is 1.97. The first-order valence-corrected chi connectivity index (χ1v) is 11.6. The van der Waals surface area contributed by atoms with Gasteiger partial charge in [-0.2, -0.15) is 0 Å². The number of hydrogen-bond acceptors (Lipinski definition) is 1. The lowest BCUT2D eigenvalue weighted by Gasteiger charge is -2.28. The first-order chi connectivity index (χ1) is 13.3. The van der Waals surface area contributed by atoms with Crippen molar-refractivity contribution in [2.24, 2.45) is 5.92 Å². The topological polar surface area (TPSA) is 0 Å². The Morgan fingerprint density at radius 2 is 1.26 bits per heavy atom. The number of allylic oxidation sites excluding steroid dienone is 4. The van der Waals surface area contributed by atoms with Gasteiger partial charge in [-0.05, 0) is 36.0 Å². The highest BCUT2D eigenvalue weighted by Crippen LogP contribution is 2.51. The SMILES string of the molecule is C[C@H](Sc1ccccc1)C1C=CC=C1P(c1ccccc1)c1ccccc1. The highest BCUT2D eigenvalue weighted by Gasteiger charge is 2.29. The summed E-state index contributed by atoms with van der Waals surface area (Å²) in [5.41, 5.74) is 0. The average molecular weight is 387 g/mol. The molecule has 0 N–H and O–H groups in total. The first-order valence-electron chi connectivity index (χ1n) is 9.33. The fourth-order valence-electron chi connectivity index (χ4n) is 3.49. The van der Waals surface area contributed by atoms with Crippen LogP contribution in [0.2, 0.25) is 0 Å². The molecule has 0 spiro atoms. The van der Waals surface area contributed by atoms with Gasteiger partial charge >= 0.3 is 0 Å². The van der Waals surface area contributed by atoms with Gasteiger partial charge in [0.1, 0.15) is 0 Å². The standard InChI is InChI=1S/C25H23PS/c1-20(27-23-16-9-4-10-17-23)24-18-11-19-25(24)26(21-12-5-2-6-13-21)22-14-7-3-8-15-22/h2-20,24H,1H3/t20-,24?/m0/s1. The zero-order chi connectivity index (χ0) is 18.5. The van der Waals surface area contributed by atoms with Crippen LogP contribution in [0.3, 0.4) is 0 Å². The molecule has 0 aliphatic heterocycles. The molecule has 4 rings (SSSR count).